The van der Waals surface area contributed by atoms with E-state index in [1.165, 1.54) is 0 Å². The standard InChI is InChI=1S/C16H21NO3/c1-11(2)20-13-5-6-14-12(9-13)7-8-17(14)10-16(3,4)15(18)19/h5-9,11H,10H2,1-4H3,(H,18,19). The molecule has 0 aliphatic rings. The molecule has 0 saturated heterocycles. The van der Waals surface area contributed by atoms with E-state index in [4.69, 9.17) is 4.74 Å². The maximum absolute atomic E-state index is 11.2. The lowest BCUT2D eigenvalue weighted by Gasteiger charge is -2.20. The molecule has 0 atom stereocenters. The lowest BCUT2D eigenvalue weighted by molar-refractivity contribution is -0.147. The van der Waals surface area contributed by atoms with E-state index in [1.54, 1.807) is 13.8 Å². The number of benzene rings is 1. The Bertz CT molecular complexity index is 626. The van der Waals surface area contributed by atoms with Crippen molar-refractivity contribution in [1.82, 2.24) is 4.57 Å². The number of hydrogen-bond donors (Lipinski definition) is 1. The molecule has 0 unspecified atom stereocenters. The van der Waals surface area contributed by atoms with Crippen LogP contribution in [0, 0.1) is 5.41 Å². The second-order valence-electron chi connectivity index (χ2n) is 6.02. The molecule has 0 spiro atoms. The molecule has 2 aromatic rings. The van der Waals surface area contributed by atoms with Crippen LogP contribution in [0.4, 0.5) is 0 Å². The van der Waals surface area contributed by atoms with Gasteiger partial charge in [-0.05, 0) is 52.0 Å². The van der Waals surface area contributed by atoms with Gasteiger partial charge in [0.05, 0.1) is 11.5 Å². The van der Waals surface area contributed by atoms with Crippen LogP contribution in [0.2, 0.25) is 0 Å². The molecule has 1 aromatic heterocycles. The van der Waals surface area contributed by atoms with E-state index in [1.807, 2.05) is 48.9 Å². The fraction of sp³-hybridized carbons (Fsp3) is 0.438. The molecule has 0 aliphatic heterocycles. The predicted molar refractivity (Wildman–Crippen MR) is 79.1 cm³/mol. The number of ether oxygens (including phenoxy) is 1. The number of rotatable bonds is 5. The first kappa shape index (κ1) is 14.4. The molecule has 0 fully saturated rings. The minimum Gasteiger partial charge on any atom is -0.491 e. The van der Waals surface area contributed by atoms with Crippen molar-refractivity contribution in [2.75, 3.05) is 0 Å². The molecular weight excluding hydrogens is 254 g/mol. The summed E-state index contributed by atoms with van der Waals surface area (Å²) in [5.74, 6) is 0.0434. The molecule has 0 radical (unpaired) electrons. The zero-order chi connectivity index (χ0) is 14.9. The lowest BCUT2D eigenvalue weighted by Crippen LogP contribution is -2.28. The molecule has 2 rings (SSSR count). The van der Waals surface area contributed by atoms with Crippen LogP contribution in [-0.4, -0.2) is 21.7 Å². The van der Waals surface area contributed by atoms with Gasteiger partial charge in [0.25, 0.3) is 0 Å². The third kappa shape index (κ3) is 2.95. The van der Waals surface area contributed by atoms with Crippen LogP contribution >= 0.6 is 0 Å². The van der Waals surface area contributed by atoms with Crippen molar-refractivity contribution < 1.29 is 14.6 Å². The van der Waals surface area contributed by atoms with E-state index in [0.717, 1.165) is 16.7 Å². The first-order valence-corrected chi connectivity index (χ1v) is 6.78. The Morgan fingerprint density at radius 3 is 2.65 bits per heavy atom. The van der Waals surface area contributed by atoms with Crippen molar-refractivity contribution in [3.8, 4) is 5.75 Å². The fourth-order valence-electron chi connectivity index (χ4n) is 2.16. The van der Waals surface area contributed by atoms with E-state index in [-0.39, 0.29) is 6.10 Å². The average molecular weight is 275 g/mol. The van der Waals surface area contributed by atoms with Crippen LogP contribution in [0.1, 0.15) is 27.7 Å². The highest BCUT2D eigenvalue weighted by Crippen LogP contribution is 2.26. The zero-order valence-electron chi connectivity index (χ0n) is 12.4. The highest BCUT2D eigenvalue weighted by Gasteiger charge is 2.27. The fourth-order valence-corrected chi connectivity index (χ4v) is 2.16. The summed E-state index contributed by atoms with van der Waals surface area (Å²) in [5, 5.41) is 10.3. The molecule has 1 N–H and O–H groups in total. The summed E-state index contributed by atoms with van der Waals surface area (Å²) >= 11 is 0. The smallest absolute Gasteiger partial charge is 0.310 e. The molecule has 1 heterocycles. The zero-order valence-corrected chi connectivity index (χ0v) is 12.4. The number of carboxylic acid groups (broad SMARTS) is 1. The van der Waals surface area contributed by atoms with E-state index in [9.17, 15) is 9.90 Å². The summed E-state index contributed by atoms with van der Waals surface area (Å²) in [6, 6.07) is 7.87. The average Bonchev–Trinajstić information content (AvgIpc) is 2.70. The Kier molecular flexibility index (Phi) is 3.75. The molecule has 0 bridgehead atoms. The van der Waals surface area contributed by atoms with Gasteiger partial charge in [0.1, 0.15) is 5.75 Å². The van der Waals surface area contributed by atoms with Gasteiger partial charge in [-0.1, -0.05) is 0 Å². The summed E-state index contributed by atoms with van der Waals surface area (Å²) in [4.78, 5) is 11.2. The molecule has 4 heteroatoms. The molecule has 4 nitrogen and oxygen atoms in total. The number of carbonyl (C=O) groups is 1. The first-order valence-electron chi connectivity index (χ1n) is 6.78. The number of aliphatic carboxylic acids is 1. The van der Waals surface area contributed by atoms with Gasteiger partial charge in [-0.2, -0.15) is 0 Å². The van der Waals surface area contributed by atoms with Gasteiger partial charge in [-0.25, -0.2) is 0 Å². The Morgan fingerprint density at radius 2 is 2.05 bits per heavy atom. The minimum atomic E-state index is -0.793. The van der Waals surface area contributed by atoms with Crippen LogP contribution in [-0.2, 0) is 11.3 Å². The highest BCUT2D eigenvalue weighted by molar-refractivity contribution is 5.82. The Labute approximate surface area is 119 Å². The van der Waals surface area contributed by atoms with Crippen molar-refractivity contribution in [2.24, 2.45) is 5.41 Å². The summed E-state index contributed by atoms with van der Waals surface area (Å²) in [6.45, 7) is 7.89. The van der Waals surface area contributed by atoms with Crippen molar-refractivity contribution in [3.63, 3.8) is 0 Å². The number of fused-ring (bicyclic) bond motifs is 1. The summed E-state index contributed by atoms with van der Waals surface area (Å²) in [6.07, 6.45) is 2.06. The normalized spacial score (nSPS) is 12.1. The van der Waals surface area contributed by atoms with Gasteiger partial charge >= 0.3 is 5.97 Å². The second-order valence-corrected chi connectivity index (χ2v) is 6.02. The van der Waals surface area contributed by atoms with Gasteiger partial charge in [0.2, 0.25) is 0 Å². The first-order chi connectivity index (χ1) is 9.29. The third-order valence-electron chi connectivity index (χ3n) is 3.26. The highest BCUT2D eigenvalue weighted by atomic mass is 16.5. The maximum Gasteiger partial charge on any atom is 0.310 e. The molecule has 0 amide bonds. The molecule has 1 aromatic carbocycles. The number of nitrogens with zero attached hydrogens (tertiary/aromatic N) is 1. The second kappa shape index (κ2) is 5.19. The van der Waals surface area contributed by atoms with Crippen molar-refractivity contribution in [2.45, 2.75) is 40.3 Å². The molecule has 0 saturated carbocycles. The summed E-state index contributed by atoms with van der Waals surface area (Å²) in [7, 11) is 0. The quantitative estimate of drug-likeness (QED) is 0.908. The molecular formula is C16H21NO3. The largest absolute Gasteiger partial charge is 0.491 e. The monoisotopic (exact) mass is 275 g/mol. The van der Waals surface area contributed by atoms with E-state index >= 15 is 0 Å². The van der Waals surface area contributed by atoms with E-state index in [0.29, 0.717) is 6.54 Å². The Morgan fingerprint density at radius 1 is 1.35 bits per heavy atom. The molecule has 0 aliphatic carbocycles. The summed E-state index contributed by atoms with van der Waals surface area (Å²) < 4.78 is 7.64. The van der Waals surface area contributed by atoms with E-state index < -0.39 is 11.4 Å². The van der Waals surface area contributed by atoms with Crippen LogP contribution in [0.25, 0.3) is 10.9 Å². The lowest BCUT2D eigenvalue weighted by atomic mass is 9.94. The SMILES string of the molecule is CC(C)Oc1ccc2c(ccn2CC(C)(C)C(=O)O)c1. The van der Waals surface area contributed by atoms with Gasteiger partial charge in [0, 0.05) is 23.6 Å². The van der Waals surface area contributed by atoms with Crippen LogP contribution < -0.4 is 4.74 Å². The predicted octanol–water partition coefficient (Wildman–Crippen LogP) is 3.54. The number of carboxylic acids is 1. The van der Waals surface area contributed by atoms with E-state index in [2.05, 4.69) is 0 Å². The van der Waals surface area contributed by atoms with Gasteiger partial charge in [0.15, 0.2) is 0 Å². The topological polar surface area (TPSA) is 51.5 Å². The van der Waals surface area contributed by atoms with Crippen molar-refractivity contribution in [1.29, 1.82) is 0 Å². The van der Waals surface area contributed by atoms with Crippen LogP contribution in [0.3, 0.4) is 0 Å². The maximum atomic E-state index is 11.2. The van der Waals surface area contributed by atoms with Gasteiger partial charge in [-0.15, -0.1) is 0 Å². The summed E-state index contributed by atoms with van der Waals surface area (Å²) in [5.41, 5.74) is 0.231. The molecule has 108 valence electrons. The van der Waals surface area contributed by atoms with Crippen LogP contribution in [0.5, 0.6) is 5.75 Å². The van der Waals surface area contributed by atoms with Gasteiger partial charge in [-0.3, -0.25) is 4.79 Å². The number of aromatic nitrogens is 1. The van der Waals surface area contributed by atoms with Gasteiger partial charge < -0.3 is 14.4 Å². The third-order valence-corrected chi connectivity index (χ3v) is 3.26. The molecule has 20 heavy (non-hydrogen) atoms. The van der Waals surface area contributed by atoms with Crippen LogP contribution in [0.15, 0.2) is 30.5 Å². The Balaban J connectivity index is 2.31. The van der Waals surface area contributed by atoms with Crippen molar-refractivity contribution in [3.05, 3.63) is 30.5 Å². The Hall–Kier alpha value is -1.97. The van der Waals surface area contributed by atoms with Crippen molar-refractivity contribution >= 4 is 16.9 Å². The minimum absolute atomic E-state index is 0.139. The number of hydrogen-bond acceptors (Lipinski definition) is 2.